The highest BCUT2D eigenvalue weighted by Gasteiger charge is 2.10. The molecular formula is C23H44O. The summed E-state index contributed by atoms with van der Waals surface area (Å²) in [5.74, 6) is 0.765. The average Bonchev–Trinajstić information content (AvgIpc) is 2.58. The minimum atomic E-state index is 0.284. The molecule has 0 aromatic rings. The summed E-state index contributed by atoms with van der Waals surface area (Å²) >= 11 is 0. The first-order valence-electron chi connectivity index (χ1n) is 10.9. The first kappa shape index (κ1) is 23.4. The van der Waals surface area contributed by atoms with Crippen LogP contribution in [0.1, 0.15) is 124 Å². The van der Waals surface area contributed by atoms with Crippen LogP contribution >= 0.6 is 0 Å². The summed E-state index contributed by atoms with van der Waals surface area (Å²) in [6.45, 7) is 6.52. The maximum absolute atomic E-state index is 11.9. The molecule has 24 heavy (non-hydrogen) atoms. The highest BCUT2D eigenvalue weighted by Crippen LogP contribution is 2.13. The predicted octanol–water partition coefficient (Wildman–Crippen LogP) is 8.03. The molecule has 0 fully saturated rings. The molecule has 1 atom stereocenters. The first-order chi connectivity index (χ1) is 11.7. The van der Waals surface area contributed by atoms with E-state index in [1.54, 1.807) is 0 Å². The van der Waals surface area contributed by atoms with E-state index in [0.29, 0.717) is 5.78 Å². The van der Waals surface area contributed by atoms with Gasteiger partial charge in [0, 0.05) is 12.3 Å². The van der Waals surface area contributed by atoms with Crippen molar-refractivity contribution in [2.24, 2.45) is 5.92 Å². The molecule has 0 radical (unpaired) electrons. The number of carbonyl (C=O) groups excluding carboxylic acids is 1. The lowest BCUT2D eigenvalue weighted by molar-refractivity contribution is -0.122. The molecule has 0 saturated carbocycles. The summed E-state index contributed by atoms with van der Waals surface area (Å²) in [7, 11) is 0. The Hall–Kier alpha value is -0.590. The van der Waals surface area contributed by atoms with Crippen LogP contribution in [0.4, 0.5) is 0 Å². The molecule has 1 nitrogen and oxygen atoms in total. The van der Waals surface area contributed by atoms with Crippen LogP contribution in [0.3, 0.4) is 0 Å². The van der Waals surface area contributed by atoms with Gasteiger partial charge in [0.2, 0.25) is 0 Å². The van der Waals surface area contributed by atoms with Gasteiger partial charge in [-0.3, -0.25) is 4.79 Å². The molecule has 0 aromatic heterocycles. The van der Waals surface area contributed by atoms with Crippen LogP contribution in [-0.4, -0.2) is 5.78 Å². The fraction of sp³-hybridized carbons (Fsp3) is 0.870. The number of allylic oxidation sites excluding steroid dienone is 2. The zero-order valence-electron chi connectivity index (χ0n) is 17.0. The largest absolute Gasteiger partial charge is 0.299 e. The standard InChI is InChI=1S/C23H44O/c1-4-6-7-8-9-10-11-12-13-14-15-16-17-18-19-21-23(24)22(3)20-5-2/h12-13,22H,4-11,14-21H2,1-3H3/b13-12+. The van der Waals surface area contributed by atoms with Crippen LogP contribution in [0.25, 0.3) is 0 Å². The van der Waals surface area contributed by atoms with Crippen LogP contribution < -0.4 is 0 Å². The third-order valence-corrected chi connectivity index (χ3v) is 4.96. The predicted molar refractivity (Wildman–Crippen MR) is 109 cm³/mol. The van der Waals surface area contributed by atoms with Crippen molar-refractivity contribution >= 4 is 5.78 Å². The molecule has 0 spiro atoms. The van der Waals surface area contributed by atoms with Crippen molar-refractivity contribution in [2.45, 2.75) is 124 Å². The molecule has 0 aliphatic carbocycles. The Morgan fingerprint density at radius 1 is 0.708 bits per heavy atom. The second-order valence-electron chi connectivity index (χ2n) is 7.49. The Bertz CT molecular complexity index is 292. The smallest absolute Gasteiger partial charge is 0.135 e. The highest BCUT2D eigenvalue weighted by molar-refractivity contribution is 5.80. The van der Waals surface area contributed by atoms with Crippen LogP contribution in [-0.2, 0) is 4.79 Å². The van der Waals surface area contributed by atoms with Crippen LogP contribution in [0.2, 0.25) is 0 Å². The first-order valence-corrected chi connectivity index (χ1v) is 10.9. The molecule has 0 aliphatic heterocycles. The average molecular weight is 337 g/mol. The molecule has 0 rings (SSSR count). The third kappa shape index (κ3) is 16.3. The van der Waals surface area contributed by atoms with Crippen LogP contribution in [0.5, 0.6) is 0 Å². The maximum Gasteiger partial charge on any atom is 0.135 e. The van der Waals surface area contributed by atoms with Crippen molar-refractivity contribution in [3.05, 3.63) is 12.2 Å². The molecule has 0 aromatic carbocycles. The number of unbranched alkanes of at least 4 members (excludes halogenated alkanes) is 11. The minimum absolute atomic E-state index is 0.284. The molecule has 1 heteroatoms. The molecular weight excluding hydrogens is 292 g/mol. The van der Waals surface area contributed by atoms with Gasteiger partial charge in [-0.2, -0.15) is 0 Å². The Kier molecular flexibility index (Phi) is 18.3. The van der Waals surface area contributed by atoms with Gasteiger partial charge in [-0.05, 0) is 38.5 Å². The van der Waals surface area contributed by atoms with Crippen molar-refractivity contribution in [2.75, 3.05) is 0 Å². The van der Waals surface area contributed by atoms with Crippen LogP contribution in [0, 0.1) is 5.92 Å². The monoisotopic (exact) mass is 336 g/mol. The maximum atomic E-state index is 11.9. The van der Waals surface area contributed by atoms with E-state index in [0.717, 1.165) is 25.7 Å². The van der Waals surface area contributed by atoms with E-state index >= 15 is 0 Å². The van der Waals surface area contributed by atoms with Gasteiger partial charge in [-0.25, -0.2) is 0 Å². The van der Waals surface area contributed by atoms with E-state index in [4.69, 9.17) is 0 Å². The zero-order chi connectivity index (χ0) is 17.9. The van der Waals surface area contributed by atoms with Gasteiger partial charge in [-0.1, -0.05) is 90.7 Å². The van der Waals surface area contributed by atoms with Crippen LogP contribution in [0.15, 0.2) is 12.2 Å². The Labute approximate surface area is 152 Å². The number of ketones is 1. The molecule has 0 saturated heterocycles. The molecule has 0 amide bonds. The van der Waals surface area contributed by atoms with E-state index in [2.05, 4.69) is 32.9 Å². The number of Topliss-reactive ketones (excluding diaryl/α,β-unsaturated/α-hetero) is 1. The lowest BCUT2D eigenvalue weighted by Crippen LogP contribution is -2.10. The quantitative estimate of drug-likeness (QED) is 0.183. The summed E-state index contributed by atoms with van der Waals surface area (Å²) < 4.78 is 0. The minimum Gasteiger partial charge on any atom is -0.299 e. The number of hydrogen-bond acceptors (Lipinski definition) is 1. The fourth-order valence-electron chi connectivity index (χ4n) is 3.21. The Morgan fingerprint density at radius 3 is 1.75 bits per heavy atom. The fourth-order valence-corrected chi connectivity index (χ4v) is 3.21. The van der Waals surface area contributed by atoms with Gasteiger partial charge in [-0.15, -0.1) is 0 Å². The summed E-state index contributed by atoms with van der Waals surface area (Å²) in [5.41, 5.74) is 0. The van der Waals surface area contributed by atoms with Gasteiger partial charge >= 0.3 is 0 Å². The van der Waals surface area contributed by atoms with Crippen molar-refractivity contribution in [1.29, 1.82) is 0 Å². The van der Waals surface area contributed by atoms with E-state index in [9.17, 15) is 4.79 Å². The summed E-state index contributed by atoms with van der Waals surface area (Å²) in [5, 5.41) is 0. The Balaban J connectivity index is 3.24. The SMILES string of the molecule is CCCCCCCC/C=C/CCCCCCCC(=O)C(C)CCC. The number of hydrogen-bond donors (Lipinski definition) is 0. The summed E-state index contributed by atoms with van der Waals surface area (Å²) in [6, 6.07) is 0. The lowest BCUT2D eigenvalue weighted by atomic mass is 9.96. The van der Waals surface area contributed by atoms with Gasteiger partial charge in [0.05, 0.1) is 0 Å². The van der Waals surface area contributed by atoms with Crippen molar-refractivity contribution in [3.8, 4) is 0 Å². The zero-order valence-corrected chi connectivity index (χ0v) is 17.0. The third-order valence-electron chi connectivity index (χ3n) is 4.96. The van der Waals surface area contributed by atoms with Gasteiger partial charge in [0.15, 0.2) is 0 Å². The summed E-state index contributed by atoms with van der Waals surface area (Å²) in [6.07, 6.45) is 24.9. The van der Waals surface area contributed by atoms with E-state index in [1.165, 1.54) is 77.0 Å². The van der Waals surface area contributed by atoms with Crippen molar-refractivity contribution in [1.82, 2.24) is 0 Å². The second kappa shape index (κ2) is 18.7. The highest BCUT2D eigenvalue weighted by atomic mass is 16.1. The van der Waals surface area contributed by atoms with Gasteiger partial charge in [0.25, 0.3) is 0 Å². The van der Waals surface area contributed by atoms with Crippen molar-refractivity contribution < 1.29 is 4.79 Å². The van der Waals surface area contributed by atoms with Crippen molar-refractivity contribution in [3.63, 3.8) is 0 Å². The van der Waals surface area contributed by atoms with E-state index in [-0.39, 0.29) is 5.92 Å². The lowest BCUT2D eigenvalue weighted by Gasteiger charge is -2.08. The van der Waals surface area contributed by atoms with E-state index in [1.807, 2.05) is 0 Å². The normalized spacial score (nSPS) is 12.8. The topological polar surface area (TPSA) is 17.1 Å². The molecule has 1 unspecified atom stereocenters. The molecule has 0 aliphatic rings. The molecule has 0 N–H and O–H groups in total. The molecule has 0 heterocycles. The molecule has 0 bridgehead atoms. The molecule has 142 valence electrons. The van der Waals surface area contributed by atoms with Gasteiger partial charge < -0.3 is 0 Å². The number of carbonyl (C=O) groups is 1. The Morgan fingerprint density at radius 2 is 1.21 bits per heavy atom. The number of rotatable bonds is 18. The van der Waals surface area contributed by atoms with Gasteiger partial charge in [0.1, 0.15) is 5.78 Å². The second-order valence-corrected chi connectivity index (χ2v) is 7.49. The van der Waals surface area contributed by atoms with E-state index < -0.39 is 0 Å². The summed E-state index contributed by atoms with van der Waals surface area (Å²) in [4.78, 5) is 11.9.